The Morgan fingerprint density at radius 2 is 2.18 bits per heavy atom. The Labute approximate surface area is 132 Å². The van der Waals surface area contributed by atoms with Crippen LogP contribution in [-0.2, 0) is 0 Å². The summed E-state index contributed by atoms with van der Waals surface area (Å²) in [6.07, 6.45) is 3.83. The minimum Gasteiger partial charge on any atom is -0.370 e. The maximum atomic E-state index is 4.71. The van der Waals surface area contributed by atoms with E-state index in [-0.39, 0.29) is 0 Å². The van der Waals surface area contributed by atoms with Gasteiger partial charge >= 0.3 is 0 Å². The van der Waals surface area contributed by atoms with Gasteiger partial charge in [0.1, 0.15) is 5.82 Å². The first kappa shape index (κ1) is 15.3. The normalized spacial score (nSPS) is 19.4. The number of hydrogen-bond acceptors (Lipinski definition) is 4. The Balaban J connectivity index is 1.76. The van der Waals surface area contributed by atoms with Crippen molar-refractivity contribution in [2.45, 2.75) is 52.0 Å². The molecule has 0 bridgehead atoms. The fourth-order valence-corrected chi connectivity index (χ4v) is 3.24. The van der Waals surface area contributed by atoms with E-state index in [9.17, 15) is 0 Å². The molecular weight excluding hydrogens is 274 g/mol. The highest BCUT2D eigenvalue weighted by Crippen LogP contribution is 2.21. The summed E-state index contributed by atoms with van der Waals surface area (Å²) < 4.78 is 1.93. The number of aromatic nitrogens is 3. The molecule has 22 heavy (non-hydrogen) atoms. The lowest BCUT2D eigenvalue weighted by atomic mass is 10.1. The number of rotatable bonds is 5. The minimum absolute atomic E-state index is 0.418. The smallest absolute Gasteiger partial charge is 0.157 e. The average Bonchev–Trinajstić information content (AvgIpc) is 3.03. The number of likely N-dealkylation sites (tertiary alicyclic amines) is 1. The first-order chi connectivity index (χ1) is 10.5. The van der Waals surface area contributed by atoms with Gasteiger partial charge in [-0.25, -0.2) is 4.98 Å². The van der Waals surface area contributed by atoms with E-state index in [0.717, 1.165) is 29.4 Å². The fraction of sp³-hybridized carbons (Fsp3) is 0.647. The Morgan fingerprint density at radius 1 is 1.36 bits per heavy atom. The summed E-state index contributed by atoms with van der Waals surface area (Å²) >= 11 is 0. The van der Waals surface area contributed by atoms with Crippen molar-refractivity contribution in [2.75, 3.05) is 25.5 Å². The van der Waals surface area contributed by atoms with Crippen molar-refractivity contribution in [2.24, 2.45) is 0 Å². The highest BCUT2D eigenvalue weighted by atomic mass is 15.3. The van der Waals surface area contributed by atoms with Crippen LogP contribution in [-0.4, -0.2) is 45.7 Å². The lowest BCUT2D eigenvalue weighted by molar-refractivity contribution is 0.301. The molecule has 1 N–H and O–H groups in total. The molecule has 2 aromatic rings. The molecule has 1 atom stereocenters. The van der Waals surface area contributed by atoms with Crippen LogP contribution >= 0.6 is 0 Å². The monoisotopic (exact) mass is 301 g/mol. The van der Waals surface area contributed by atoms with Crippen LogP contribution < -0.4 is 5.32 Å². The largest absolute Gasteiger partial charge is 0.370 e. The summed E-state index contributed by atoms with van der Waals surface area (Å²) in [6, 6.07) is 4.90. The highest BCUT2D eigenvalue weighted by Gasteiger charge is 2.20. The van der Waals surface area contributed by atoms with Gasteiger partial charge in [-0.2, -0.15) is 9.61 Å². The van der Waals surface area contributed by atoms with Crippen LogP contribution in [0.25, 0.3) is 5.65 Å². The summed E-state index contributed by atoms with van der Waals surface area (Å²) in [5.74, 6) is 1.48. The van der Waals surface area contributed by atoms with E-state index in [2.05, 4.69) is 42.3 Å². The van der Waals surface area contributed by atoms with E-state index in [1.165, 1.54) is 25.8 Å². The lowest BCUT2D eigenvalue weighted by Crippen LogP contribution is -2.27. The molecule has 3 heterocycles. The van der Waals surface area contributed by atoms with E-state index in [1.807, 2.05) is 17.5 Å². The number of fused-ring (bicyclic) bond motifs is 1. The molecule has 1 unspecified atom stereocenters. The van der Waals surface area contributed by atoms with Crippen LogP contribution in [0.2, 0.25) is 0 Å². The summed E-state index contributed by atoms with van der Waals surface area (Å²) in [5, 5.41) is 8.14. The Kier molecular flexibility index (Phi) is 4.34. The first-order valence-electron chi connectivity index (χ1n) is 8.36. The minimum atomic E-state index is 0.418. The van der Waals surface area contributed by atoms with Gasteiger partial charge in [0.25, 0.3) is 0 Å². The number of anilines is 1. The van der Waals surface area contributed by atoms with Crippen molar-refractivity contribution in [3.05, 3.63) is 23.5 Å². The predicted octanol–water partition coefficient (Wildman–Crippen LogP) is 3.06. The summed E-state index contributed by atoms with van der Waals surface area (Å²) in [7, 11) is 2.23. The molecule has 0 saturated carbocycles. The SMILES string of the molecule is Cc1cc2nc(C(C)C)cc(NCCC3CCCN3C)n2n1. The zero-order chi connectivity index (χ0) is 15.7. The van der Waals surface area contributed by atoms with Gasteiger partial charge in [-0.1, -0.05) is 13.8 Å². The van der Waals surface area contributed by atoms with E-state index in [1.54, 1.807) is 0 Å². The zero-order valence-electron chi connectivity index (χ0n) is 14.1. The maximum absolute atomic E-state index is 4.71. The summed E-state index contributed by atoms with van der Waals surface area (Å²) in [5.41, 5.74) is 3.06. The van der Waals surface area contributed by atoms with Gasteiger partial charge in [-0.05, 0) is 45.7 Å². The highest BCUT2D eigenvalue weighted by molar-refractivity contribution is 5.50. The fourth-order valence-electron chi connectivity index (χ4n) is 3.24. The van der Waals surface area contributed by atoms with E-state index in [4.69, 9.17) is 4.98 Å². The van der Waals surface area contributed by atoms with Crippen molar-refractivity contribution < 1.29 is 0 Å². The molecule has 5 nitrogen and oxygen atoms in total. The van der Waals surface area contributed by atoms with E-state index >= 15 is 0 Å². The molecule has 0 aliphatic carbocycles. The molecule has 5 heteroatoms. The molecule has 1 saturated heterocycles. The van der Waals surface area contributed by atoms with Crippen LogP contribution in [0.5, 0.6) is 0 Å². The van der Waals surface area contributed by atoms with Crippen molar-refractivity contribution in [1.29, 1.82) is 0 Å². The standard InChI is InChI=1S/C17H27N5/c1-12(2)15-11-16(22-17(19-15)10-13(3)20-22)18-8-7-14-6-5-9-21(14)4/h10-12,14,18H,5-9H2,1-4H3. The molecule has 0 aromatic carbocycles. The molecule has 120 valence electrons. The van der Waals surface area contributed by atoms with Gasteiger partial charge < -0.3 is 10.2 Å². The third kappa shape index (κ3) is 3.09. The topological polar surface area (TPSA) is 45.5 Å². The van der Waals surface area contributed by atoms with Gasteiger partial charge in [0.15, 0.2) is 5.65 Å². The van der Waals surface area contributed by atoms with Gasteiger partial charge in [0, 0.05) is 30.4 Å². The quantitative estimate of drug-likeness (QED) is 0.922. The number of hydrogen-bond donors (Lipinski definition) is 1. The molecule has 1 aliphatic rings. The molecular formula is C17H27N5. The maximum Gasteiger partial charge on any atom is 0.157 e. The second-order valence-corrected chi connectivity index (χ2v) is 6.77. The molecule has 2 aromatic heterocycles. The van der Waals surface area contributed by atoms with Crippen LogP contribution in [0.4, 0.5) is 5.82 Å². The van der Waals surface area contributed by atoms with Crippen molar-refractivity contribution in [3.8, 4) is 0 Å². The van der Waals surface area contributed by atoms with Gasteiger partial charge in [0.2, 0.25) is 0 Å². The lowest BCUT2D eigenvalue weighted by Gasteiger charge is -2.20. The second kappa shape index (κ2) is 6.24. The molecule has 0 amide bonds. The number of aryl methyl sites for hydroxylation is 1. The number of nitrogens with one attached hydrogen (secondary N) is 1. The third-order valence-corrected chi connectivity index (χ3v) is 4.62. The molecule has 0 radical (unpaired) electrons. The Bertz CT molecular complexity index is 646. The summed E-state index contributed by atoms with van der Waals surface area (Å²) in [4.78, 5) is 7.18. The molecule has 3 rings (SSSR count). The van der Waals surface area contributed by atoms with Crippen LogP contribution in [0.15, 0.2) is 12.1 Å². The van der Waals surface area contributed by atoms with Crippen molar-refractivity contribution >= 4 is 11.5 Å². The Morgan fingerprint density at radius 3 is 2.86 bits per heavy atom. The van der Waals surface area contributed by atoms with E-state index < -0.39 is 0 Å². The van der Waals surface area contributed by atoms with E-state index in [0.29, 0.717) is 12.0 Å². The van der Waals surface area contributed by atoms with Crippen molar-refractivity contribution in [1.82, 2.24) is 19.5 Å². The first-order valence-corrected chi connectivity index (χ1v) is 8.36. The Hall–Kier alpha value is -1.62. The zero-order valence-corrected chi connectivity index (χ0v) is 14.1. The number of nitrogens with zero attached hydrogens (tertiary/aromatic N) is 4. The van der Waals surface area contributed by atoms with Gasteiger partial charge in [-0.3, -0.25) is 0 Å². The van der Waals surface area contributed by atoms with Gasteiger partial charge in [0.05, 0.1) is 5.69 Å². The molecule has 1 fully saturated rings. The van der Waals surface area contributed by atoms with Crippen LogP contribution in [0, 0.1) is 6.92 Å². The van der Waals surface area contributed by atoms with Gasteiger partial charge in [-0.15, -0.1) is 0 Å². The third-order valence-electron chi connectivity index (χ3n) is 4.62. The molecule has 0 spiro atoms. The van der Waals surface area contributed by atoms with Crippen LogP contribution in [0.1, 0.15) is 50.4 Å². The van der Waals surface area contributed by atoms with Crippen LogP contribution in [0.3, 0.4) is 0 Å². The predicted molar refractivity (Wildman–Crippen MR) is 90.6 cm³/mol. The summed E-state index contributed by atoms with van der Waals surface area (Å²) in [6.45, 7) is 8.59. The second-order valence-electron chi connectivity index (χ2n) is 6.77. The average molecular weight is 301 g/mol. The van der Waals surface area contributed by atoms with Crippen molar-refractivity contribution in [3.63, 3.8) is 0 Å². The molecule has 1 aliphatic heterocycles.